The van der Waals surface area contributed by atoms with Gasteiger partial charge >= 0.3 is 6.92 Å². The summed E-state index contributed by atoms with van der Waals surface area (Å²) in [7, 11) is 0. The summed E-state index contributed by atoms with van der Waals surface area (Å²) in [6.45, 7) is 13.5. The Morgan fingerprint density at radius 3 is 1.98 bits per heavy atom. The number of hydrogen-bond donors (Lipinski definition) is 0. The van der Waals surface area contributed by atoms with E-state index < -0.39 is 0 Å². The molecular weight excluding hydrogens is 583 g/mol. The number of rotatable bonds is 2. The van der Waals surface area contributed by atoms with Crippen LogP contribution in [-0.2, 0) is 10.8 Å². The summed E-state index contributed by atoms with van der Waals surface area (Å²) in [6, 6.07) is 46.9. The first-order chi connectivity index (χ1) is 23.1. The van der Waals surface area contributed by atoms with Gasteiger partial charge in [-0.15, -0.1) is 0 Å². The summed E-state index contributed by atoms with van der Waals surface area (Å²) < 4.78 is 9.58. The fraction of sp³-hybridized carbons (Fsp3) is 0.182. The van der Waals surface area contributed by atoms with E-state index in [0.717, 1.165) is 28.4 Å². The van der Waals surface area contributed by atoms with Gasteiger partial charge in [0.1, 0.15) is 5.75 Å². The van der Waals surface area contributed by atoms with Crippen LogP contribution in [-0.4, -0.2) is 11.5 Å². The Hall–Kier alpha value is -5.22. The molecule has 3 heterocycles. The van der Waals surface area contributed by atoms with E-state index in [0.29, 0.717) is 0 Å². The van der Waals surface area contributed by atoms with Gasteiger partial charge in [-0.1, -0.05) is 120 Å². The SMILES string of the molecule is CC(C)(C)c1ccc(N2c3ccc(C(C)(C)C)cc3B3Oc4ccccc4-c4cc5c6ccccc6n(-c6ccccc6)c5c2c43)cc1. The van der Waals surface area contributed by atoms with E-state index >= 15 is 0 Å². The fourth-order valence-electron chi connectivity index (χ4n) is 7.81. The molecule has 3 nitrogen and oxygen atoms in total. The summed E-state index contributed by atoms with van der Waals surface area (Å²) >= 11 is 0. The fourth-order valence-corrected chi connectivity index (χ4v) is 7.81. The van der Waals surface area contributed by atoms with E-state index in [1.54, 1.807) is 0 Å². The van der Waals surface area contributed by atoms with Crippen molar-refractivity contribution in [2.75, 3.05) is 4.90 Å². The van der Waals surface area contributed by atoms with E-state index in [1.807, 2.05) is 0 Å². The predicted molar refractivity (Wildman–Crippen MR) is 204 cm³/mol. The second kappa shape index (κ2) is 10.1. The quantitative estimate of drug-likeness (QED) is 0.179. The minimum Gasteiger partial charge on any atom is -0.551 e. The zero-order valence-electron chi connectivity index (χ0n) is 28.5. The highest BCUT2D eigenvalue weighted by Crippen LogP contribution is 2.49. The smallest absolute Gasteiger partial charge is 0.431 e. The lowest BCUT2D eigenvalue weighted by Crippen LogP contribution is -2.56. The van der Waals surface area contributed by atoms with Gasteiger partial charge in [-0.25, -0.2) is 0 Å². The maximum atomic E-state index is 7.11. The number of hydrogen-bond acceptors (Lipinski definition) is 2. The van der Waals surface area contributed by atoms with Crippen molar-refractivity contribution in [2.24, 2.45) is 0 Å². The highest BCUT2D eigenvalue weighted by molar-refractivity contribution is 6.86. The molecule has 0 fully saturated rings. The van der Waals surface area contributed by atoms with E-state index in [1.165, 1.54) is 55.1 Å². The minimum atomic E-state index is -0.251. The van der Waals surface area contributed by atoms with Crippen LogP contribution in [0.4, 0.5) is 17.1 Å². The molecule has 0 radical (unpaired) electrons. The lowest BCUT2D eigenvalue weighted by Gasteiger charge is -2.41. The molecule has 6 aromatic carbocycles. The molecule has 0 atom stereocenters. The molecule has 0 bridgehead atoms. The number of aromatic nitrogens is 1. The second-order valence-corrected chi connectivity index (χ2v) is 15.4. The van der Waals surface area contributed by atoms with Crippen molar-refractivity contribution in [2.45, 2.75) is 52.4 Å². The Morgan fingerprint density at radius 2 is 1.23 bits per heavy atom. The van der Waals surface area contributed by atoms with Crippen molar-refractivity contribution in [1.29, 1.82) is 0 Å². The Kier molecular flexibility index (Phi) is 6.12. The molecule has 0 spiro atoms. The summed E-state index contributed by atoms with van der Waals surface area (Å²) in [5, 5.41) is 2.48. The monoisotopic (exact) mass is 622 g/mol. The van der Waals surface area contributed by atoms with Crippen LogP contribution in [0.1, 0.15) is 52.7 Å². The van der Waals surface area contributed by atoms with E-state index in [9.17, 15) is 0 Å². The minimum absolute atomic E-state index is 0.00636. The van der Waals surface area contributed by atoms with Crippen molar-refractivity contribution in [3.63, 3.8) is 0 Å². The van der Waals surface area contributed by atoms with Gasteiger partial charge in [0.2, 0.25) is 0 Å². The van der Waals surface area contributed by atoms with Gasteiger partial charge in [-0.05, 0) is 81.5 Å². The number of benzene rings is 6. The Bertz CT molecular complexity index is 2390. The molecule has 0 unspecified atom stereocenters. The van der Waals surface area contributed by atoms with Gasteiger partial charge in [0.25, 0.3) is 0 Å². The summed E-state index contributed by atoms with van der Waals surface area (Å²) in [6.07, 6.45) is 0. The van der Waals surface area contributed by atoms with Crippen LogP contribution in [0, 0.1) is 0 Å². The highest BCUT2D eigenvalue weighted by atomic mass is 16.4. The zero-order valence-corrected chi connectivity index (χ0v) is 28.5. The molecule has 2 aliphatic heterocycles. The summed E-state index contributed by atoms with van der Waals surface area (Å²) in [4.78, 5) is 2.52. The maximum Gasteiger partial charge on any atom is 0.431 e. The van der Waals surface area contributed by atoms with Gasteiger partial charge in [0.05, 0.1) is 16.7 Å². The molecular formula is C44H39BN2O. The molecule has 0 saturated carbocycles. The Balaban J connectivity index is 1.48. The summed E-state index contributed by atoms with van der Waals surface area (Å²) in [5.41, 5.74) is 14.5. The van der Waals surface area contributed by atoms with Crippen molar-refractivity contribution >= 4 is 56.7 Å². The number of para-hydroxylation sites is 3. The average Bonchev–Trinajstić information content (AvgIpc) is 3.42. The molecule has 0 saturated heterocycles. The highest BCUT2D eigenvalue weighted by Gasteiger charge is 2.45. The first kappa shape index (κ1) is 29.0. The van der Waals surface area contributed by atoms with Crippen molar-refractivity contribution < 1.29 is 4.65 Å². The van der Waals surface area contributed by atoms with Crippen LogP contribution in [0.25, 0.3) is 38.6 Å². The topological polar surface area (TPSA) is 17.4 Å². The van der Waals surface area contributed by atoms with Crippen LogP contribution in [0.5, 0.6) is 5.75 Å². The van der Waals surface area contributed by atoms with Crippen molar-refractivity contribution in [3.8, 4) is 22.6 Å². The van der Waals surface area contributed by atoms with E-state index in [-0.39, 0.29) is 17.7 Å². The zero-order chi connectivity index (χ0) is 32.9. The standard InChI is InChI=1S/C44H39BN2O/c1-43(2,3)28-20-23-31(24-21-28)47-38-25-22-29(44(4,5)6)26-36(38)45-40-34(33-17-11-13-19-39(33)48-45)27-35-32-16-10-12-18-37(32)46(41(35)42(40)47)30-14-8-7-9-15-30/h7-27H,1-6H3. The van der Waals surface area contributed by atoms with Crippen molar-refractivity contribution in [3.05, 3.63) is 139 Å². The molecule has 2 aliphatic rings. The average molecular weight is 623 g/mol. The van der Waals surface area contributed by atoms with Gasteiger partial charge in [-0.2, -0.15) is 0 Å². The van der Waals surface area contributed by atoms with E-state index in [4.69, 9.17) is 4.65 Å². The molecule has 48 heavy (non-hydrogen) atoms. The van der Waals surface area contributed by atoms with Crippen LogP contribution < -0.4 is 20.5 Å². The molecule has 0 aliphatic carbocycles. The van der Waals surface area contributed by atoms with Crippen LogP contribution in [0.2, 0.25) is 0 Å². The lowest BCUT2D eigenvalue weighted by atomic mass is 9.49. The maximum absolute atomic E-state index is 7.11. The van der Waals surface area contributed by atoms with Crippen LogP contribution >= 0.6 is 0 Å². The van der Waals surface area contributed by atoms with Crippen molar-refractivity contribution in [1.82, 2.24) is 4.57 Å². The third-order valence-electron chi connectivity index (χ3n) is 10.3. The molecule has 0 amide bonds. The Labute approximate surface area is 283 Å². The van der Waals surface area contributed by atoms with Crippen LogP contribution in [0.3, 0.4) is 0 Å². The van der Waals surface area contributed by atoms with Gasteiger partial charge in [0, 0.05) is 38.9 Å². The van der Waals surface area contributed by atoms with Gasteiger partial charge in [-0.3, -0.25) is 0 Å². The number of nitrogens with zero attached hydrogens (tertiary/aromatic N) is 2. The molecule has 1 aromatic heterocycles. The summed E-state index contributed by atoms with van der Waals surface area (Å²) in [5.74, 6) is 0.933. The number of fused-ring (bicyclic) bond motifs is 8. The second-order valence-electron chi connectivity index (χ2n) is 15.4. The third-order valence-corrected chi connectivity index (χ3v) is 10.3. The van der Waals surface area contributed by atoms with Gasteiger partial charge in [0.15, 0.2) is 0 Å². The molecule has 0 N–H and O–H groups in total. The first-order valence-electron chi connectivity index (χ1n) is 17.1. The van der Waals surface area contributed by atoms with Gasteiger partial charge < -0.3 is 14.1 Å². The number of anilines is 3. The molecule has 7 aromatic rings. The Morgan fingerprint density at radius 1 is 0.562 bits per heavy atom. The normalized spacial score (nSPS) is 13.7. The predicted octanol–water partition coefficient (Wildman–Crippen LogP) is 10.3. The lowest BCUT2D eigenvalue weighted by molar-refractivity contribution is 0.585. The molecule has 9 rings (SSSR count). The molecule has 4 heteroatoms. The van der Waals surface area contributed by atoms with E-state index in [2.05, 4.69) is 178 Å². The largest absolute Gasteiger partial charge is 0.551 e. The first-order valence-corrected chi connectivity index (χ1v) is 17.1. The third kappa shape index (κ3) is 4.21. The van der Waals surface area contributed by atoms with Crippen LogP contribution in [0.15, 0.2) is 127 Å². The molecule has 234 valence electrons.